The molecule has 0 fully saturated rings. The number of nitrogen functional groups attached to an aromatic ring is 1. The lowest BCUT2D eigenvalue weighted by molar-refractivity contribution is -0.213. The molecule has 0 aliphatic heterocycles. The zero-order valence-corrected chi connectivity index (χ0v) is 22.7. The van der Waals surface area contributed by atoms with Crippen molar-refractivity contribution in [2.45, 2.75) is 25.4 Å². The van der Waals surface area contributed by atoms with E-state index in [1.54, 1.807) is 24.3 Å². The summed E-state index contributed by atoms with van der Waals surface area (Å²) in [6.07, 6.45) is -4.10. The maximum Gasteiger partial charge on any atom is 0.491 e. The Morgan fingerprint density at radius 3 is 2.44 bits per heavy atom. The van der Waals surface area contributed by atoms with Crippen molar-refractivity contribution in [3.05, 3.63) is 89.9 Å². The monoisotopic (exact) mass is 599 g/mol. The van der Waals surface area contributed by atoms with Crippen molar-refractivity contribution >= 4 is 45.7 Å². The number of hydrogen-bond donors (Lipinski definition) is 4. The number of nitrogens with one attached hydrogen (secondary N) is 3. The lowest BCUT2D eigenvalue weighted by Crippen LogP contribution is -2.54. The molecule has 2 amide bonds. The second kappa shape index (κ2) is 12.2. The van der Waals surface area contributed by atoms with Gasteiger partial charge in [0.1, 0.15) is 5.82 Å². The number of methoxy groups -OCH3 is 1. The van der Waals surface area contributed by atoms with Gasteiger partial charge in [0.25, 0.3) is 11.6 Å². The molecule has 3 aromatic carbocycles. The molecule has 1 atom stereocenters. The number of amides is 2. The third-order valence-corrected chi connectivity index (χ3v) is 6.17. The van der Waals surface area contributed by atoms with E-state index in [0.717, 1.165) is 25.3 Å². The number of pyridine rings is 1. The van der Waals surface area contributed by atoms with Gasteiger partial charge >= 0.3 is 12.1 Å². The summed E-state index contributed by atoms with van der Waals surface area (Å²) in [7, 11) is 1.11. The zero-order valence-electron chi connectivity index (χ0n) is 22.7. The molecule has 224 valence electrons. The van der Waals surface area contributed by atoms with Crippen molar-refractivity contribution < 1.29 is 41.4 Å². The second-order valence-electron chi connectivity index (χ2n) is 9.24. The predicted molar refractivity (Wildman–Crippen MR) is 149 cm³/mol. The summed E-state index contributed by atoms with van der Waals surface area (Å²) < 4.78 is 65.0. The molecule has 1 heterocycles. The van der Waals surface area contributed by atoms with Crippen molar-refractivity contribution in [1.82, 2.24) is 10.3 Å². The molecule has 1 unspecified atom stereocenters. The van der Waals surface area contributed by atoms with Crippen LogP contribution in [0.4, 0.5) is 34.8 Å². The van der Waals surface area contributed by atoms with Gasteiger partial charge in [-0.05, 0) is 65.5 Å². The first-order chi connectivity index (χ1) is 20.3. The number of aromatic nitrogens is 1. The van der Waals surface area contributed by atoms with E-state index in [0.29, 0.717) is 22.0 Å². The fraction of sp³-hybridized carbons (Fsp3) is 0.172. The van der Waals surface area contributed by atoms with Crippen molar-refractivity contribution in [3.8, 4) is 5.75 Å². The van der Waals surface area contributed by atoms with Crippen molar-refractivity contribution in [1.29, 1.82) is 0 Å². The average molecular weight is 600 g/mol. The minimum absolute atomic E-state index is 0.0409. The highest BCUT2D eigenvalue weighted by Gasteiger charge is 2.52. The van der Waals surface area contributed by atoms with E-state index in [1.807, 2.05) is 0 Å². The van der Waals surface area contributed by atoms with Crippen LogP contribution in [-0.4, -0.2) is 36.1 Å². The Morgan fingerprint density at radius 1 is 0.977 bits per heavy atom. The highest BCUT2D eigenvalue weighted by Crippen LogP contribution is 2.35. The lowest BCUT2D eigenvalue weighted by atomic mass is 9.99. The van der Waals surface area contributed by atoms with Gasteiger partial charge in [-0.15, -0.1) is 0 Å². The Labute approximate surface area is 242 Å². The Hall–Kier alpha value is -5.40. The fourth-order valence-electron chi connectivity index (χ4n) is 4.22. The Morgan fingerprint density at radius 2 is 1.74 bits per heavy atom. The van der Waals surface area contributed by atoms with Crippen LogP contribution in [0.2, 0.25) is 0 Å². The van der Waals surface area contributed by atoms with E-state index in [9.17, 15) is 31.9 Å². The van der Waals surface area contributed by atoms with Crippen molar-refractivity contribution in [2.24, 2.45) is 0 Å². The van der Waals surface area contributed by atoms with Gasteiger partial charge in [-0.3, -0.25) is 9.59 Å². The number of esters is 1. The number of carbonyl (C=O) groups is 3. The third kappa shape index (κ3) is 6.92. The van der Waals surface area contributed by atoms with E-state index < -0.39 is 35.3 Å². The highest BCUT2D eigenvalue weighted by molar-refractivity contribution is 5.96. The quantitative estimate of drug-likeness (QED) is 0.124. The molecule has 0 saturated carbocycles. The van der Waals surface area contributed by atoms with Crippen LogP contribution in [0.5, 0.6) is 5.75 Å². The summed E-state index contributed by atoms with van der Waals surface area (Å²) in [6.45, 7) is 1.04. The number of nitrogens with two attached hydrogens (primary N) is 1. The van der Waals surface area contributed by atoms with Crippen molar-refractivity contribution in [2.75, 3.05) is 23.5 Å². The Kier molecular flexibility index (Phi) is 8.69. The first kappa shape index (κ1) is 30.6. The SMILES string of the molecule is COc1cc(C(Nc2ccc3c(N)nccc3c2)(OC(=O)C(F)(F)F)C(=O)NCc2cccc(NC(C)=O)c2)ccc1F. The first-order valence-corrected chi connectivity index (χ1v) is 12.5. The molecule has 14 heteroatoms. The number of alkyl halides is 3. The number of anilines is 3. The number of benzene rings is 3. The van der Waals surface area contributed by atoms with Crippen LogP contribution in [0.1, 0.15) is 18.1 Å². The molecule has 4 rings (SSSR count). The number of halogens is 4. The van der Waals surface area contributed by atoms with Gasteiger partial charge in [-0.1, -0.05) is 12.1 Å². The molecule has 0 radical (unpaired) electrons. The fourth-order valence-corrected chi connectivity index (χ4v) is 4.22. The second-order valence-corrected chi connectivity index (χ2v) is 9.24. The van der Waals surface area contributed by atoms with E-state index in [1.165, 1.54) is 37.4 Å². The number of nitrogens with zero attached hydrogens (tertiary/aromatic N) is 1. The molecule has 5 N–H and O–H groups in total. The zero-order chi connectivity index (χ0) is 31.4. The van der Waals surface area contributed by atoms with E-state index in [4.69, 9.17) is 15.2 Å². The first-order valence-electron chi connectivity index (χ1n) is 12.5. The normalized spacial score (nSPS) is 12.6. The maximum absolute atomic E-state index is 14.4. The summed E-state index contributed by atoms with van der Waals surface area (Å²) in [6, 6.07) is 15.0. The molecule has 1 aromatic heterocycles. The molecular formula is C29H25F4N5O5. The van der Waals surface area contributed by atoms with Crippen molar-refractivity contribution in [3.63, 3.8) is 0 Å². The summed E-state index contributed by atoms with van der Waals surface area (Å²) >= 11 is 0. The van der Waals surface area contributed by atoms with Gasteiger partial charge in [0.05, 0.1) is 7.11 Å². The molecule has 0 bridgehead atoms. The molecule has 0 saturated heterocycles. The molecular weight excluding hydrogens is 574 g/mol. The molecule has 0 spiro atoms. The number of hydrogen-bond acceptors (Lipinski definition) is 8. The Bertz CT molecular complexity index is 1700. The van der Waals surface area contributed by atoms with E-state index in [-0.39, 0.29) is 29.5 Å². The number of fused-ring (bicyclic) bond motifs is 1. The minimum Gasteiger partial charge on any atom is -0.494 e. The van der Waals surface area contributed by atoms with Crippen LogP contribution < -0.4 is 26.4 Å². The topological polar surface area (TPSA) is 145 Å². The van der Waals surface area contributed by atoms with Crippen LogP contribution in [0.25, 0.3) is 10.8 Å². The summed E-state index contributed by atoms with van der Waals surface area (Å²) in [4.78, 5) is 41.6. The van der Waals surface area contributed by atoms with Crippen LogP contribution in [0, 0.1) is 5.82 Å². The molecule has 43 heavy (non-hydrogen) atoms. The van der Waals surface area contributed by atoms with Crippen LogP contribution >= 0.6 is 0 Å². The largest absolute Gasteiger partial charge is 0.494 e. The number of carbonyl (C=O) groups excluding carboxylic acids is 3. The minimum atomic E-state index is -5.51. The number of rotatable bonds is 9. The van der Waals surface area contributed by atoms with Gasteiger partial charge in [-0.2, -0.15) is 13.2 Å². The maximum atomic E-state index is 14.4. The van der Waals surface area contributed by atoms with Gasteiger partial charge in [0, 0.05) is 42.0 Å². The van der Waals surface area contributed by atoms with Crippen LogP contribution in [0.3, 0.4) is 0 Å². The van der Waals surface area contributed by atoms with Gasteiger partial charge < -0.3 is 31.2 Å². The van der Waals surface area contributed by atoms with Gasteiger partial charge in [0.15, 0.2) is 11.6 Å². The van der Waals surface area contributed by atoms with E-state index in [2.05, 4.69) is 20.9 Å². The summed E-state index contributed by atoms with van der Waals surface area (Å²) in [5.74, 6) is -5.41. The molecule has 4 aromatic rings. The molecule has 0 aliphatic rings. The van der Waals surface area contributed by atoms with Crippen LogP contribution in [0.15, 0.2) is 72.9 Å². The Balaban J connectivity index is 1.83. The summed E-state index contributed by atoms with van der Waals surface area (Å²) in [5.41, 5.74) is 3.51. The molecule has 10 nitrogen and oxygen atoms in total. The average Bonchev–Trinajstić information content (AvgIpc) is 2.95. The van der Waals surface area contributed by atoms with E-state index >= 15 is 0 Å². The highest BCUT2D eigenvalue weighted by atomic mass is 19.4. The van der Waals surface area contributed by atoms with Gasteiger partial charge in [-0.25, -0.2) is 14.2 Å². The molecule has 0 aliphatic carbocycles. The standard InChI is InChI=1S/C29H25F4N5O5/c1-16(39)37-20-5-3-4-17(12-20)15-36-26(40)28(43-27(41)29(31,32)33,19-6-9-23(30)24(14-19)42-2)38-21-7-8-22-18(13-21)10-11-35-25(22)34/h3-14,38H,15H2,1-2H3,(H2,34,35)(H,36,40)(H,37,39). The van der Waals surface area contributed by atoms with Crippen LogP contribution in [-0.2, 0) is 31.4 Å². The number of ether oxygens (including phenoxy) is 2. The third-order valence-electron chi connectivity index (χ3n) is 6.17. The smallest absolute Gasteiger partial charge is 0.491 e. The summed E-state index contributed by atoms with van der Waals surface area (Å²) in [5, 5.41) is 8.68. The lowest BCUT2D eigenvalue weighted by Gasteiger charge is -2.34. The predicted octanol–water partition coefficient (Wildman–Crippen LogP) is 4.61. The van der Waals surface area contributed by atoms with Gasteiger partial charge in [0.2, 0.25) is 5.91 Å².